The Hall–Kier alpha value is -1.95. The molecule has 7 heteroatoms. The van der Waals surface area contributed by atoms with Crippen molar-refractivity contribution in [2.24, 2.45) is 0 Å². The first-order chi connectivity index (χ1) is 8.52. The number of carbonyl (C=O) groups excluding carboxylic acids is 2. The van der Waals surface area contributed by atoms with Crippen molar-refractivity contribution in [2.75, 3.05) is 11.9 Å². The van der Waals surface area contributed by atoms with E-state index >= 15 is 0 Å². The lowest BCUT2D eigenvalue weighted by molar-refractivity contribution is 0.148. The van der Waals surface area contributed by atoms with Gasteiger partial charge in [-0.15, -0.1) is 0 Å². The van der Waals surface area contributed by atoms with Gasteiger partial charge in [0.25, 0.3) is 0 Å². The average Bonchev–Trinajstić information content (AvgIpc) is 2.32. The van der Waals surface area contributed by atoms with Crippen molar-refractivity contribution < 1.29 is 14.3 Å². The zero-order valence-electron chi connectivity index (χ0n) is 10.0. The van der Waals surface area contributed by atoms with Crippen LogP contribution in [0, 0.1) is 6.92 Å². The van der Waals surface area contributed by atoms with Crippen LogP contribution in [-0.2, 0) is 4.74 Å². The maximum absolute atomic E-state index is 11.4. The number of amides is 3. The Kier molecular flexibility index (Phi) is 5.26. The third-order valence-electron chi connectivity index (χ3n) is 1.98. The highest BCUT2D eigenvalue weighted by molar-refractivity contribution is 6.31. The Morgan fingerprint density at radius 2 is 2.06 bits per heavy atom. The molecule has 98 valence electrons. The number of hydrogen-bond donors (Lipinski definition) is 3. The molecule has 0 aliphatic carbocycles. The van der Waals surface area contributed by atoms with Crippen LogP contribution in [0.2, 0.25) is 5.02 Å². The summed E-state index contributed by atoms with van der Waals surface area (Å²) in [6.45, 7) is 3.74. The van der Waals surface area contributed by atoms with Gasteiger partial charge >= 0.3 is 12.1 Å². The molecule has 1 rings (SSSR count). The van der Waals surface area contributed by atoms with Crippen LogP contribution in [0.5, 0.6) is 0 Å². The molecule has 0 fully saturated rings. The summed E-state index contributed by atoms with van der Waals surface area (Å²) >= 11 is 5.90. The van der Waals surface area contributed by atoms with Gasteiger partial charge in [0.15, 0.2) is 0 Å². The number of hydrazine groups is 1. The van der Waals surface area contributed by atoms with Crippen LogP contribution in [-0.4, -0.2) is 18.7 Å². The molecule has 0 aliphatic heterocycles. The van der Waals surface area contributed by atoms with E-state index < -0.39 is 12.1 Å². The van der Waals surface area contributed by atoms with Gasteiger partial charge in [-0.05, 0) is 31.5 Å². The smallest absolute Gasteiger partial charge is 0.426 e. The van der Waals surface area contributed by atoms with Crippen molar-refractivity contribution in [3.8, 4) is 0 Å². The van der Waals surface area contributed by atoms with Crippen molar-refractivity contribution in [2.45, 2.75) is 13.8 Å². The summed E-state index contributed by atoms with van der Waals surface area (Å²) in [4.78, 5) is 22.3. The number of carbonyl (C=O) groups is 2. The Labute approximate surface area is 110 Å². The molecular formula is C11H14ClN3O3. The lowest BCUT2D eigenvalue weighted by Crippen LogP contribution is -2.44. The monoisotopic (exact) mass is 271 g/mol. The number of nitrogens with one attached hydrogen (secondary N) is 3. The number of ether oxygens (including phenoxy) is 1. The standard InChI is InChI=1S/C11H14ClN3O3/c1-3-18-11(17)15-14-10(16)13-8-5-4-7(2)9(12)6-8/h4-6H,3H2,1-2H3,(H,15,17)(H2,13,14,16). The summed E-state index contributed by atoms with van der Waals surface area (Å²) in [5.74, 6) is 0. The molecule has 0 unspecified atom stereocenters. The van der Waals surface area contributed by atoms with E-state index in [1.165, 1.54) is 0 Å². The van der Waals surface area contributed by atoms with Crippen LogP contribution in [0.15, 0.2) is 18.2 Å². The summed E-state index contributed by atoms with van der Waals surface area (Å²) < 4.78 is 4.56. The number of anilines is 1. The van der Waals surface area contributed by atoms with E-state index in [2.05, 4.69) is 20.9 Å². The minimum absolute atomic E-state index is 0.225. The van der Waals surface area contributed by atoms with E-state index in [4.69, 9.17) is 11.6 Å². The summed E-state index contributed by atoms with van der Waals surface area (Å²) in [6.07, 6.45) is -0.727. The van der Waals surface area contributed by atoms with Crippen LogP contribution in [0.4, 0.5) is 15.3 Å². The zero-order valence-corrected chi connectivity index (χ0v) is 10.8. The van der Waals surface area contributed by atoms with E-state index in [0.717, 1.165) is 5.56 Å². The van der Waals surface area contributed by atoms with Gasteiger partial charge < -0.3 is 10.1 Å². The molecule has 0 heterocycles. The Morgan fingerprint density at radius 3 is 2.67 bits per heavy atom. The van der Waals surface area contributed by atoms with Crippen LogP contribution < -0.4 is 16.2 Å². The van der Waals surface area contributed by atoms with Gasteiger partial charge in [0.05, 0.1) is 6.61 Å². The fraction of sp³-hybridized carbons (Fsp3) is 0.273. The third kappa shape index (κ3) is 4.50. The maximum Gasteiger partial charge on any atom is 0.426 e. The molecule has 1 aromatic carbocycles. The summed E-state index contributed by atoms with van der Waals surface area (Å²) in [5.41, 5.74) is 5.64. The van der Waals surface area contributed by atoms with Crippen LogP contribution >= 0.6 is 11.6 Å². The van der Waals surface area contributed by atoms with Gasteiger partial charge in [-0.1, -0.05) is 17.7 Å². The SMILES string of the molecule is CCOC(=O)NNC(=O)Nc1ccc(C)c(Cl)c1. The molecule has 18 heavy (non-hydrogen) atoms. The lowest BCUT2D eigenvalue weighted by atomic mass is 10.2. The van der Waals surface area contributed by atoms with Gasteiger partial charge in [-0.2, -0.15) is 0 Å². The fourth-order valence-corrected chi connectivity index (χ4v) is 1.29. The number of hydrogen-bond acceptors (Lipinski definition) is 3. The Bertz CT molecular complexity index is 451. The van der Waals surface area contributed by atoms with Gasteiger partial charge in [0.2, 0.25) is 0 Å². The van der Waals surface area contributed by atoms with Gasteiger partial charge in [-0.25, -0.2) is 20.4 Å². The van der Waals surface area contributed by atoms with E-state index in [0.29, 0.717) is 10.7 Å². The van der Waals surface area contributed by atoms with E-state index in [-0.39, 0.29) is 6.61 Å². The topological polar surface area (TPSA) is 79.5 Å². The highest BCUT2D eigenvalue weighted by atomic mass is 35.5. The normalized spacial score (nSPS) is 9.50. The quantitative estimate of drug-likeness (QED) is 0.723. The lowest BCUT2D eigenvalue weighted by Gasteiger charge is -2.09. The van der Waals surface area contributed by atoms with Crippen molar-refractivity contribution in [1.29, 1.82) is 0 Å². The molecule has 3 N–H and O–H groups in total. The molecule has 0 bridgehead atoms. The second-order valence-electron chi connectivity index (χ2n) is 3.39. The van der Waals surface area contributed by atoms with Gasteiger partial charge in [0.1, 0.15) is 0 Å². The molecule has 1 aromatic rings. The average molecular weight is 272 g/mol. The summed E-state index contributed by atoms with van der Waals surface area (Å²) in [7, 11) is 0. The van der Waals surface area contributed by atoms with Gasteiger partial charge in [-0.3, -0.25) is 0 Å². The van der Waals surface area contributed by atoms with E-state index in [1.54, 1.807) is 25.1 Å². The van der Waals surface area contributed by atoms with E-state index in [9.17, 15) is 9.59 Å². The highest BCUT2D eigenvalue weighted by Gasteiger charge is 2.05. The zero-order chi connectivity index (χ0) is 13.5. The Balaban J connectivity index is 2.44. The number of urea groups is 1. The van der Waals surface area contributed by atoms with Crippen LogP contribution in [0.3, 0.4) is 0 Å². The number of rotatable bonds is 2. The fourth-order valence-electron chi connectivity index (χ4n) is 1.11. The predicted octanol–water partition coefficient (Wildman–Crippen LogP) is 2.43. The van der Waals surface area contributed by atoms with Crippen molar-refractivity contribution >= 4 is 29.4 Å². The highest BCUT2D eigenvalue weighted by Crippen LogP contribution is 2.19. The molecule has 0 saturated heterocycles. The number of benzene rings is 1. The van der Waals surface area contributed by atoms with Crippen molar-refractivity contribution in [1.82, 2.24) is 10.9 Å². The molecule has 0 saturated carbocycles. The molecule has 0 atom stereocenters. The largest absolute Gasteiger partial charge is 0.449 e. The number of halogens is 1. The molecule has 3 amide bonds. The van der Waals surface area contributed by atoms with Crippen LogP contribution in [0.25, 0.3) is 0 Å². The predicted molar refractivity (Wildman–Crippen MR) is 68.5 cm³/mol. The maximum atomic E-state index is 11.4. The molecule has 0 radical (unpaired) electrons. The molecule has 0 aliphatic rings. The summed E-state index contributed by atoms with van der Waals surface area (Å²) in [6, 6.07) is 4.49. The molecular weight excluding hydrogens is 258 g/mol. The third-order valence-corrected chi connectivity index (χ3v) is 2.39. The summed E-state index contributed by atoms with van der Waals surface area (Å²) in [5, 5.41) is 3.05. The van der Waals surface area contributed by atoms with Crippen molar-refractivity contribution in [3.05, 3.63) is 28.8 Å². The van der Waals surface area contributed by atoms with E-state index in [1.807, 2.05) is 6.92 Å². The minimum Gasteiger partial charge on any atom is -0.449 e. The first-order valence-corrected chi connectivity index (χ1v) is 5.66. The molecule has 0 aromatic heterocycles. The first-order valence-electron chi connectivity index (χ1n) is 5.29. The van der Waals surface area contributed by atoms with Crippen LogP contribution in [0.1, 0.15) is 12.5 Å². The minimum atomic E-state index is -0.727. The van der Waals surface area contributed by atoms with Gasteiger partial charge in [0, 0.05) is 10.7 Å². The second-order valence-corrected chi connectivity index (χ2v) is 3.80. The molecule has 0 spiro atoms. The first kappa shape index (κ1) is 14.1. The number of aryl methyl sites for hydroxylation is 1. The Morgan fingerprint density at radius 1 is 1.33 bits per heavy atom. The molecule has 6 nitrogen and oxygen atoms in total. The second kappa shape index (κ2) is 6.70. The van der Waals surface area contributed by atoms with Crippen molar-refractivity contribution in [3.63, 3.8) is 0 Å².